The molecule has 3 aromatic rings. The summed E-state index contributed by atoms with van der Waals surface area (Å²) in [5, 5.41) is 3.50. The maximum absolute atomic E-state index is 12.2. The zero-order chi connectivity index (χ0) is 21.3. The maximum Gasteiger partial charge on any atom is 0.344 e. The van der Waals surface area contributed by atoms with Crippen LogP contribution < -0.4 is 10.1 Å². The van der Waals surface area contributed by atoms with Gasteiger partial charge in [0.05, 0.1) is 7.11 Å². The SMILES string of the molecule is COC(=O)[C@H](Cc1c[nH]c2ccccc12)NC(=O)COC(=O)COc1ccccc1. The molecule has 1 aromatic heterocycles. The lowest BCUT2D eigenvalue weighted by molar-refractivity contribution is -0.151. The van der Waals surface area contributed by atoms with Crippen LogP contribution in [0.2, 0.25) is 0 Å². The monoisotopic (exact) mass is 410 g/mol. The van der Waals surface area contributed by atoms with E-state index in [0.717, 1.165) is 16.5 Å². The standard InChI is InChI=1S/C22H22N2O6/c1-28-22(27)19(11-15-12-23-18-10-6-5-9-17(15)18)24-20(25)13-30-21(26)14-29-16-7-3-2-4-8-16/h2-10,12,19,23H,11,13-14H2,1H3,(H,24,25)/t19-/m0/s1. The number of rotatable bonds is 9. The van der Waals surface area contributed by atoms with Crippen LogP contribution in [0.15, 0.2) is 60.8 Å². The van der Waals surface area contributed by atoms with E-state index in [-0.39, 0.29) is 13.0 Å². The molecular weight excluding hydrogens is 388 g/mol. The van der Waals surface area contributed by atoms with Crippen molar-refractivity contribution in [3.05, 3.63) is 66.4 Å². The number of carbonyl (C=O) groups excluding carboxylic acids is 3. The Balaban J connectivity index is 1.52. The molecule has 0 aliphatic heterocycles. The number of aromatic nitrogens is 1. The van der Waals surface area contributed by atoms with E-state index in [1.54, 1.807) is 30.5 Å². The number of aromatic amines is 1. The number of ether oxygens (including phenoxy) is 3. The number of carbonyl (C=O) groups is 3. The van der Waals surface area contributed by atoms with Gasteiger partial charge in [-0.05, 0) is 23.8 Å². The summed E-state index contributed by atoms with van der Waals surface area (Å²) in [5.74, 6) is -1.38. The molecular formula is C22H22N2O6. The third kappa shape index (κ3) is 5.60. The summed E-state index contributed by atoms with van der Waals surface area (Å²) in [5.41, 5.74) is 1.78. The smallest absolute Gasteiger partial charge is 0.344 e. The number of hydrogen-bond acceptors (Lipinski definition) is 6. The Hall–Kier alpha value is -3.81. The second-order valence-corrected chi connectivity index (χ2v) is 6.47. The van der Waals surface area contributed by atoms with Gasteiger partial charge in [-0.2, -0.15) is 0 Å². The Labute approximate surface area is 173 Å². The molecule has 3 rings (SSSR count). The quantitative estimate of drug-likeness (QED) is 0.523. The molecule has 0 bridgehead atoms. The van der Waals surface area contributed by atoms with Gasteiger partial charge in [0, 0.05) is 23.5 Å². The van der Waals surface area contributed by atoms with E-state index in [1.165, 1.54) is 7.11 Å². The third-order valence-electron chi connectivity index (χ3n) is 4.38. The van der Waals surface area contributed by atoms with Crippen LogP contribution >= 0.6 is 0 Å². The molecule has 0 saturated heterocycles. The van der Waals surface area contributed by atoms with Crippen molar-refractivity contribution in [3.8, 4) is 5.75 Å². The van der Waals surface area contributed by atoms with Gasteiger partial charge >= 0.3 is 11.9 Å². The predicted molar refractivity (Wildman–Crippen MR) is 109 cm³/mol. The lowest BCUT2D eigenvalue weighted by Crippen LogP contribution is -2.44. The number of esters is 2. The Morgan fingerprint density at radius 2 is 1.73 bits per heavy atom. The molecule has 0 spiro atoms. The Morgan fingerprint density at radius 3 is 2.50 bits per heavy atom. The predicted octanol–water partition coefficient (Wildman–Crippen LogP) is 1.99. The molecule has 0 aliphatic rings. The van der Waals surface area contributed by atoms with Crippen molar-refractivity contribution in [2.75, 3.05) is 20.3 Å². The number of methoxy groups -OCH3 is 1. The molecule has 8 heteroatoms. The number of amides is 1. The molecule has 0 fully saturated rings. The fourth-order valence-electron chi connectivity index (χ4n) is 2.94. The van der Waals surface area contributed by atoms with Gasteiger partial charge in [0.2, 0.25) is 0 Å². The zero-order valence-corrected chi connectivity index (χ0v) is 16.4. The van der Waals surface area contributed by atoms with Crippen molar-refractivity contribution in [1.29, 1.82) is 0 Å². The number of para-hydroxylation sites is 2. The van der Waals surface area contributed by atoms with Crippen LogP contribution in [0, 0.1) is 0 Å². The van der Waals surface area contributed by atoms with E-state index < -0.39 is 30.5 Å². The van der Waals surface area contributed by atoms with Crippen LogP contribution in [0.1, 0.15) is 5.56 Å². The minimum absolute atomic E-state index is 0.230. The number of nitrogens with one attached hydrogen (secondary N) is 2. The highest BCUT2D eigenvalue weighted by Gasteiger charge is 2.23. The maximum atomic E-state index is 12.2. The van der Waals surface area contributed by atoms with Crippen molar-refractivity contribution >= 4 is 28.7 Å². The fraction of sp³-hybridized carbons (Fsp3) is 0.227. The topological polar surface area (TPSA) is 107 Å². The summed E-state index contributed by atoms with van der Waals surface area (Å²) in [6.07, 6.45) is 2.02. The summed E-state index contributed by atoms with van der Waals surface area (Å²) in [7, 11) is 1.25. The minimum Gasteiger partial charge on any atom is -0.482 e. The molecule has 0 aliphatic carbocycles. The Morgan fingerprint density at radius 1 is 1.00 bits per heavy atom. The number of fused-ring (bicyclic) bond motifs is 1. The molecule has 1 atom stereocenters. The van der Waals surface area contributed by atoms with Crippen molar-refractivity contribution < 1.29 is 28.6 Å². The average molecular weight is 410 g/mol. The molecule has 0 radical (unpaired) electrons. The van der Waals surface area contributed by atoms with Crippen LogP contribution in [-0.4, -0.2) is 49.2 Å². The van der Waals surface area contributed by atoms with Crippen molar-refractivity contribution in [1.82, 2.24) is 10.3 Å². The Kier molecular flexibility index (Phi) is 7.05. The van der Waals surface area contributed by atoms with Gasteiger partial charge < -0.3 is 24.5 Å². The summed E-state index contributed by atoms with van der Waals surface area (Å²) in [4.78, 5) is 39.2. The van der Waals surface area contributed by atoms with Gasteiger partial charge in [0.25, 0.3) is 5.91 Å². The summed E-state index contributed by atoms with van der Waals surface area (Å²) in [6.45, 7) is -0.856. The molecule has 30 heavy (non-hydrogen) atoms. The zero-order valence-electron chi connectivity index (χ0n) is 16.4. The van der Waals surface area contributed by atoms with E-state index in [2.05, 4.69) is 10.3 Å². The largest absolute Gasteiger partial charge is 0.482 e. The van der Waals surface area contributed by atoms with Crippen LogP contribution in [0.4, 0.5) is 0 Å². The van der Waals surface area contributed by atoms with Crippen LogP contribution in [0.5, 0.6) is 5.75 Å². The van der Waals surface area contributed by atoms with Gasteiger partial charge in [0.1, 0.15) is 11.8 Å². The summed E-state index contributed by atoms with van der Waals surface area (Å²) < 4.78 is 15.0. The summed E-state index contributed by atoms with van der Waals surface area (Å²) in [6, 6.07) is 15.5. The Bertz CT molecular complexity index is 1010. The first-order chi connectivity index (χ1) is 14.6. The second kappa shape index (κ2) is 10.1. The first-order valence-corrected chi connectivity index (χ1v) is 9.32. The first-order valence-electron chi connectivity index (χ1n) is 9.32. The summed E-state index contributed by atoms with van der Waals surface area (Å²) >= 11 is 0. The molecule has 1 amide bonds. The van der Waals surface area contributed by atoms with Crippen LogP contribution in [0.25, 0.3) is 10.9 Å². The van der Waals surface area contributed by atoms with E-state index in [9.17, 15) is 14.4 Å². The second-order valence-electron chi connectivity index (χ2n) is 6.47. The van der Waals surface area contributed by atoms with Gasteiger partial charge in [-0.3, -0.25) is 4.79 Å². The van der Waals surface area contributed by atoms with Gasteiger partial charge in [-0.1, -0.05) is 36.4 Å². The lowest BCUT2D eigenvalue weighted by atomic mass is 10.0. The van der Waals surface area contributed by atoms with Crippen molar-refractivity contribution in [2.45, 2.75) is 12.5 Å². The molecule has 156 valence electrons. The highest BCUT2D eigenvalue weighted by atomic mass is 16.6. The minimum atomic E-state index is -0.916. The van der Waals surface area contributed by atoms with Gasteiger partial charge in [-0.25, -0.2) is 9.59 Å². The van der Waals surface area contributed by atoms with Crippen molar-refractivity contribution in [2.24, 2.45) is 0 Å². The van der Waals surface area contributed by atoms with Crippen molar-refractivity contribution in [3.63, 3.8) is 0 Å². The molecule has 1 heterocycles. The van der Waals surface area contributed by atoms with Crippen LogP contribution in [-0.2, 0) is 30.3 Å². The van der Waals surface area contributed by atoms with E-state index in [0.29, 0.717) is 5.75 Å². The van der Waals surface area contributed by atoms with Crippen LogP contribution in [0.3, 0.4) is 0 Å². The van der Waals surface area contributed by atoms with Gasteiger partial charge in [-0.15, -0.1) is 0 Å². The molecule has 0 saturated carbocycles. The molecule has 2 N–H and O–H groups in total. The van der Waals surface area contributed by atoms with Gasteiger partial charge in [0.15, 0.2) is 13.2 Å². The number of hydrogen-bond donors (Lipinski definition) is 2. The lowest BCUT2D eigenvalue weighted by Gasteiger charge is -2.16. The fourth-order valence-corrected chi connectivity index (χ4v) is 2.94. The highest BCUT2D eigenvalue weighted by Crippen LogP contribution is 2.19. The van der Waals surface area contributed by atoms with E-state index in [4.69, 9.17) is 14.2 Å². The number of H-pyrrole nitrogens is 1. The normalized spacial score (nSPS) is 11.5. The molecule has 2 aromatic carbocycles. The van der Waals surface area contributed by atoms with E-state index >= 15 is 0 Å². The first kappa shape index (κ1) is 20.9. The molecule has 0 unspecified atom stereocenters. The van der Waals surface area contributed by atoms with E-state index in [1.807, 2.05) is 30.3 Å². The molecule has 8 nitrogen and oxygen atoms in total. The average Bonchev–Trinajstić information content (AvgIpc) is 3.19. The third-order valence-corrected chi connectivity index (χ3v) is 4.38. The highest BCUT2D eigenvalue weighted by molar-refractivity contribution is 5.88. The number of benzene rings is 2.